The molecule has 0 spiro atoms. The molecule has 0 radical (unpaired) electrons. The van der Waals surface area contributed by atoms with Crippen LogP contribution in [0.3, 0.4) is 0 Å². The van der Waals surface area contributed by atoms with Crippen molar-refractivity contribution in [3.8, 4) is 33.8 Å². The molecule has 1 N–H and O–H groups in total. The molecular formula is C30H29F6N5O4S. The molecule has 3 aromatic carbocycles. The lowest BCUT2D eigenvalue weighted by Gasteiger charge is -2.20. The minimum Gasteiger partial charge on any atom is -0.484 e. The first-order valence-electron chi connectivity index (χ1n) is 13.5. The highest BCUT2D eigenvalue weighted by atomic mass is 32.2. The van der Waals surface area contributed by atoms with Crippen LogP contribution in [0.2, 0.25) is 0 Å². The van der Waals surface area contributed by atoms with Crippen molar-refractivity contribution >= 4 is 15.5 Å². The molecule has 0 aliphatic rings. The summed E-state index contributed by atoms with van der Waals surface area (Å²) in [6, 6.07) is 12.7. The minimum atomic E-state index is -4.52. The highest BCUT2D eigenvalue weighted by molar-refractivity contribution is 7.90. The van der Waals surface area contributed by atoms with Gasteiger partial charge in [-0.05, 0) is 66.1 Å². The number of ether oxygens (including phenoxy) is 1. The smallest absolute Gasteiger partial charge is 0.422 e. The number of aromatic nitrogens is 3. The van der Waals surface area contributed by atoms with Gasteiger partial charge in [-0.25, -0.2) is 26.3 Å². The molecule has 0 aliphatic carbocycles. The maximum absolute atomic E-state index is 15.0. The van der Waals surface area contributed by atoms with Gasteiger partial charge in [0, 0.05) is 31.4 Å². The van der Waals surface area contributed by atoms with E-state index in [2.05, 4.69) is 15.4 Å². The van der Waals surface area contributed by atoms with E-state index < -0.39 is 51.6 Å². The van der Waals surface area contributed by atoms with Crippen LogP contribution in [-0.4, -0.2) is 71.2 Å². The van der Waals surface area contributed by atoms with Crippen molar-refractivity contribution in [3.63, 3.8) is 0 Å². The molecule has 246 valence electrons. The fraction of sp³-hybridized carbons (Fsp3) is 0.300. The Morgan fingerprint density at radius 3 is 2.26 bits per heavy atom. The van der Waals surface area contributed by atoms with E-state index in [1.54, 1.807) is 18.2 Å². The average Bonchev–Trinajstić information content (AvgIpc) is 3.44. The van der Waals surface area contributed by atoms with Crippen LogP contribution < -0.4 is 4.74 Å². The third kappa shape index (κ3) is 8.23. The quantitative estimate of drug-likeness (QED) is 0.118. The van der Waals surface area contributed by atoms with Crippen LogP contribution in [0.25, 0.3) is 28.1 Å². The van der Waals surface area contributed by atoms with Crippen LogP contribution in [-0.2, 0) is 23.0 Å². The molecule has 0 saturated carbocycles. The molecule has 0 atom stereocenters. The summed E-state index contributed by atoms with van der Waals surface area (Å²) in [5, 5.41) is 23.0. The third-order valence-corrected chi connectivity index (χ3v) is 7.98. The second-order valence-corrected chi connectivity index (χ2v) is 12.5. The van der Waals surface area contributed by atoms with Crippen molar-refractivity contribution in [1.82, 2.24) is 20.0 Å². The number of sulfone groups is 1. The number of halogens is 6. The third-order valence-electron chi connectivity index (χ3n) is 6.82. The number of aliphatic hydroxyl groups excluding tert-OH is 1. The number of aliphatic hydroxyl groups is 1. The first-order valence-corrected chi connectivity index (χ1v) is 15.4. The van der Waals surface area contributed by atoms with Gasteiger partial charge >= 0.3 is 6.18 Å². The van der Waals surface area contributed by atoms with Crippen molar-refractivity contribution in [2.24, 2.45) is 5.10 Å². The molecule has 0 aliphatic heterocycles. The number of benzene rings is 3. The maximum Gasteiger partial charge on any atom is 0.422 e. The molecule has 4 rings (SSSR count). The Hall–Kier alpha value is -4.44. The van der Waals surface area contributed by atoms with Crippen molar-refractivity contribution in [2.75, 3.05) is 19.9 Å². The van der Waals surface area contributed by atoms with Crippen molar-refractivity contribution < 1.29 is 44.6 Å². The lowest BCUT2D eigenvalue weighted by atomic mass is 10.00. The molecule has 46 heavy (non-hydrogen) atoms. The summed E-state index contributed by atoms with van der Waals surface area (Å²) >= 11 is 0. The summed E-state index contributed by atoms with van der Waals surface area (Å²) < 4.78 is 111. The van der Waals surface area contributed by atoms with E-state index >= 15 is 4.39 Å². The Balaban J connectivity index is 1.84. The van der Waals surface area contributed by atoms with E-state index in [4.69, 9.17) is 4.74 Å². The van der Waals surface area contributed by atoms with Crippen LogP contribution in [0.5, 0.6) is 5.75 Å². The van der Waals surface area contributed by atoms with Crippen molar-refractivity contribution in [2.45, 2.75) is 44.0 Å². The van der Waals surface area contributed by atoms with Gasteiger partial charge in [-0.1, -0.05) is 17.3 Å². The van der Waals surface area contributed by atoms with Crippen LogP contribution in [0, 0.1) is 5.82 Å². The van der Waals surface area contributed by atoms with E-state index in [0.29, 0.717) is 35.0 Å². The van der Waals surface area contributed by atoms with E-state index in [0.717, 1.165) is 12.3 Å². The normalized spacial score (nSPS) is 12.8. The van der Waals surface area contributed by atoms with Gasteiger partial charge in [0.2, 0.25) is 0 Å². The lowest BCUT2D eigenvalue weighted by Crippen LogP contribution is -2.25. The minimum absolute atomic E-state index is 0.0149. The number of rotatable bonds is 11. The topological polar surface area (TPSA) is 110 Å². The van der Waals surface area contributed by atoms with Gasteiger partial charge in [0.1, 0.15) is 17.3 Å². The second kappa shape index (κ2) is 13.1. The Morgan fingerprint density at radius 1 is 1.02 bits per heavy atom. The molecule has 0 bridgehead atoms. The first-order chi connectivity index (χ1) is 21.4. The van der Waals surface area contributed by atoms with E-state index in [1.165, 1.54) is 60.2 Å². The Labute approximate surface area is 260 Å². The Morgan fingerprint density at radius 2 is 1.67 bits per heavy atom. The van der Waals surface area contributed by atoms with Crippen LogP contribution >= 0.6 is 0 Å². The van der Waals surface area contributed by atoms with E-state index in [-0.39, 0.29) is 23.4 Å². The monoisotopic (exact) mass is 669 g/mol. The molecule has 1 aromatic heterocycles. The second-order valence-electron chi connectivity index (χ2n) is 10.6. The Bertz CT molecular complexity index is 1850. The van der Waals surface area contributed by atoms with Crippen LogP contribution in [0.1, 0.15) is 25.0 Å². The van der Waals surface area contributed by atoms with E-state index in [9.17, 15) is 35.5 Å². The molecule has 0 amide bonds. The predicted molar refractivity (Wildman–Crippen MR) is 158 cm³/mol. The fourth-order valence-electron chi connectivity index (χ4n) is 4.46. The highest BCUT2D eigenvalue weighted by Crippen LogP contribution is 2.33. The fourth-order valence-corrected chi connectivity index (χ4v) is 5.41. The first kappa shape index (κ1) is 34.4. The zero-order chi connectivity index (χ0) is 34.0. The zero-order valence-corrected chi connectivity index (χ0v) is 25.8. The van der Waals surface area contributed by atoms with Crippen LogP contribution in [0.15, 0.2) is 70.8 Å². The van der Waals surface area contributed by atoms with Crippen molar-refractivity contribution in [3.05, 3.63) is 77.7 Å². The van der Waals surface area contributed by atoms with Gasteiger partial charge in [-0.15, -0.1) is 5.10 Å². The Kier molecular flexibility index (Phi) is 9.82. The summed E-state index contributed by atoms with van der Waals surface area (Å²) in [6.45, 7) is -0.430. The average molecular weight is 670 g/mol. The van der Waals surface area contributed by atoms with Crippen molar-refractivity contribution in [1.29, 1.82) is 0 Å². The van der Waals surface area contributed by atoms with Gasteiger partial charge in [0.25, 0.3) is 5.92 Å². The van der Waals surface area contributed by atoms with Gasteiger partial charge in [-0.2, -0.15) is 18.3 Å². The number of hydrogen-bond acceptors (Lipinski definition) is 8. The van der Waals surface area contributed by atoms with Gasteiger partial charge in [-0.3, -0.25) is 5.01 Å². The number of alkyl halides is 5. The SMILES string of the molecule is C/C(=N\N(C)Cc1ccc(-c2cc(F)c(CO)c(S(C)(=O)=O)c2)cc1-n1nncc1-c1ccc(OCC(F)(F)F)cc1)C(C)(F)F. The summed E-state index contributed by atoms with van der Waals surface area (Å²) in [4.78, 5) is -0.394. The molecule has 9 nitrogen and oxygen atoms in total. The molecule has 0 unspecified atom stereocenters. The summed E-state index contributed by atoms with van der Waals surface area (Å²) in [5.41, 5.74) is 1.36. The summed E-state index contributed by atoms with van der Waals surface area (Å²) in [7, 11) is -2.46. The molecule has 16 heteroatoms. The summed E-state index contributed by atoms with van der Waals surface area (Å²) in [6.07, 6.45) is -2.24. The van der Waals surface area contributed by atoms with Crippen LogP contribution in [0.4, 0.5) is 26.3 Å². The van der Waals surface area contributed by atoms with Gasteiger partial charge in [0.15, 0.2) is 16.4 Å². The molecule has 0 fully saturated rings. The number of nitrogens with zero attached hydrogens (tertiary/aromatic N) is 5. The molecule has 4 aromatic rings. The van der Waals surface area contributed by atoms with E-state index in [1.807, 2.05) is 0 Å². The standard InChI is InChI=1S/C30H29F6N5O4S/c1-18(29(2,32)33)38-40(3)15-21-6-5-20(22-11-25(31)24(16-42)28(13-22)46(4,43)44)12-26(21)41-27(14-37-39-41)19-7-9-23(10-8-19)45-17-30(34,35)36/h5-14,42H,15-17H2,1-4H3/b38-18+. The molecule has 0 saturated heterocycles. The molecule has 1 heterocycles. The van der Waals surface area contributed by atoms with Gasteiger partial charge < -0.3 is 9.84 Å². The van der Waals surface area contributed by atoms with Gasteiger partial charge in [0.05, 0.1) is 35.6 Å². The summed E-state index contributed by atoms with van der Waals surface area (Å²) in [5.74, 6) is -4.14. The predicted octanol–water partition coefficient (Wildman–Crippen LogP) is 6.04. The maximum atomic E-state index is 15.0. The largest absolute Gasteiger partial charge is 0.484 e. The lowest BCUT2D eigenvalue weighted by molar-refractivity contribution is -0.153. The molecular weight excluding hydrogens is 640 g/mol. The number of hydrazone groups is 1. The highest BCUT2D eigenvalue weighted by Gasteiger charge is 2.29. The zero-order valence-electron chi connectivity index (χ0n) is 25.0. The number of hydrogen-bond donors (Lipinski definition) is 1.